The van der Waals surface area contributed by atoms with Gasteiger partial charge in [-0.25, -0.2) is 14.3 Å². The SMILES string of the molecule is COC(=O)c1c(C(=O)OC)c2n(c1C)N=C(C)CC2. The Morgan fingerprint density at radius 3 is 2.21 bits per heavy atom. The minimum Gasteiger partial charge on any atom is -0.465 e. The number of nitrogens with zero attached hydrogens (tertiary/aromatic N) is 2. The van der Waals surface area contributed by atoms with Crippen molar-refractivity contribution in [2.45, 2.75) is 26.7 Å². The van der Waals surface area contributed by atoms with Crippen LogP contribution < -0.4 is 0 Å². The lowest BCUT2D eigenvalue weighted by atomic mass is 10.0. The van der Waals surface area contributed by atoms with Gasteiger partial charge in [0, 0.05) is 5.71 Å². The summed E-state index contributed by atoms with van der Waals surface area (Å²) in [6.45, 7) is 3.66. The van der Waals surface area contributed by atoms with Crippen molar-refractivity contribution in [2.24, 2.45) is 5.10 Å². The van der Waals surface area contributed by atoms with Crippen molar-refractivity contribution in [3.05, 3.63) is 22.5 Å². The molecule has 102 valence electrons. The van der Waals surface area contributed by atoms with Crippen LogP contribution in [-0.2, 0) is 15.9 Å². The summed E-state index contributed by atoms with van der Waals surface area (Å²) in [5, 5.41) is 4.38. The van der Waals surface area contributed by atoms with Gasteiger partial charge in [-0.05, 0) is 26.7 Å². The van der Waals surface area contributed by atoms with Crippen LogP contribution in [0.3, 0.4) is 0 Å². The summed E-state index contributed by atoms with van der Waals surface area (Å²) in [4.78, 5) is 23.8. The van der Waals surface area contributed by atoms with E-state index in [1.165, 1.54) is 14.2 Å². The molecule has 0 N–H and O–H groups in total. The molecule has 0 radical (unpaired) electrons. The first-order valence-corrected chi connectivity index (χ1v) is 5.96. The second-order valence-corrected chi connectivity index (χ2v) is 4.41. The molecule has 0 spiro atoms. The predicted octanol–water partition coefficient (Wildman–Crippen LogP) is 1.54. The van der Waals surface area contributed by atoms with E-state index in [1.54, 1.807) is 11.6 Å². The van der Waals surface area contributed by atoms with Gasteiger partial charge < -0.3 is 9.47 Å². The van der Waals surface area contributed by atoms with E-state index in [-0.39, 0.29) is 11.1 Å². The van der Waals surface area contributed by atoms with E-state index in [2.05, 4.69) is 5.10 Å². The van der Waals surface area contributed by atoms with Crippen LogP contribution in [0, 0.1) is 6.92 Å². The van der Waals surface area contributed by atoms with Crippen LogP contribution in [-0.4, -0.2) is 36.5 Å². The van der Waals surface area contributed by atoms with Crippen molar-refractivity contribution in [2.75, 3.05) is 14.2 Å². The Balaban J connectivity index is 2.73. The van der Waals surface area contributed by atoms with Gasteiger partial charge in [0.2, 0.25) is 0 Å². The van der Waals surface area contributed by atoms with Crippen LogP contribution in [0.25, 0.3) is 0 Å². The van der Waals surface area contributed by atoms with Gasteiger partial charge in [0.25, 0.3) is 0 Å². The second-order valence-electron chi connectivity index (χ2n) is 4.41. The second kappa shape index (κ2) is 4.87. The summed E-state index contributed by atoms with van der Waals surface area (Å²) in [6, 6.07) is 0. The van der Waals surface area contributed by atoms with Crippen molar-refractivity contribution in [1.29, 1.82) is 0 Å². The fraction of sp³-hybridized carbons (Fsp3) is 0.462. The third-order valence-electron chi connectivity index (χ3n) is 3.25. The lowest BCUT2D eigenvalue weighted by Crippen LogP contribution is -2.14. The van der Waals surface area contributed by atoms with Gasteiger partial charge in [-0.1, -0.05) is 0 Å². The average molecular weight is 264 g/mol. The third kappa shape index (κ3) is 2.03. The van der Waals surface area contributed by atoms with Crippen LogP contribution in [0.4, 0.5) is 0 Å². The van der Waals surface area contributed by atoms with Gasteiger partial charge >= 0.3 is 11.9 Å². The van der Waals surface area contributed by atoms with Gasteiger partial charge in [-0.15, -0.1) is 0 Å². The molecule has 1 aromatic heterocycles. The minimum absolute atomic E-state index is 0.239. The molecule has 0 bridgehead atoms. The fourth-order valence-corrected chi connectivity index (χ4v) is 2.30. The number of carbonyl (C=O) groups excluding carboxylic acids is 2. The molecule has 0 fully saturated rings. The van der Waals surface area contributed by atoms with E-state index in [9.17, 15) is 9.59 Å². The number of esters is 2. The number of hydrogen-bond donors (Lipinski definition) is 0. The van der Waals surface area contributed by atoms with Crippen LogP contribution >= 0.6 is 0 Å². The van der Waals surface area contributed by atoms with Crippen molar-refractivity contribution < 1.29 is 19.1 Å². The van der Waals surface area contributed by atoms with Crippen LogP contribution in [0.15, 0.2) is 5.10 Å². The number of aromatic nitrogens is 1. The number of rotatable bonds is 2. The zero-order valence-corrected chi connectivity index (χ0v) is 11.4. The van der Waals surface area contributed by atoms with Crippen molar-refractivity contribution >= 4 is 17.7 Å². The van der Waals surface area contributed by atoms with Crippen molar-refractivity contribution in [1.82, 2.24) is 4.68 Å². The minimum atomic E-state index is -0.548. The highest BCUT2D eigenvalue weighted by atomic mass is 16.5. The summed E-state index contributed by atoms with van der Waals surface area (Å²) in [5.41, 5.74) is 2.76. The normalized spacial score (nSPS) is 13.6. The number of methoxy groups -OCH3 is 2. The largest absolute Gasteiger partial charge is 0.465 e. The highest BCUT2D eigenvalue weighted by Gasteiger charge is 2.31. The van der Waals surface area contributed by atoms with Crippen LogP contribution in [0.5, 0.6) is 0 Å². The Morgan fingerprint density at radius 2 is 1.63 bits per heavy atom. The number of hydrogen-bond acceptors (Lipinski definition) is 5. The molecule has 0 saturated carbocycles. The van der Waals surface area contributed by atoms with Crippen molar-refractivity contribution in [3.8, 4) is 0 Å². The van der Waals surface area contributed by atoms with Gasteiger partial charge in [-0.2, -0.15) is 5.10 Å². The van der Waals surface area contributed by atoms with E-state index < -0.39 is 11.9 Å². The fourth-order valence-electron chi connectivity index (χ4n) is 2.30. The molecule has 19 heavy (non-hydrogen) atoms. The predicted molar refractivity (Wildman–Crippen MR) is 68.7 cm³/mol. The molecule has 0 atom stereocenters. The molecule has 6 nitrogen and oxygen atoms in total. The zero-order valence-electron chi connectivity index (χ0n) is 11.4. The molecule has 0 saturated heterocycles. The molecule has 0 aliphatic carbocycles. The van der Waals surface area contributed by atoms with Crippen molar-refractivity contribution in [3.63, 3.8) is 0 Å². The molecule has 2 heterocycles. The summed E-state index contributed by atoms with van der Waals surface area (Å²) < 4.78 is 11.2. The topological polar surface area (TPSA) is 69.9 Å². The monoisotopic (exact) mass is 264 g/mol. The molecule has 2 rings (SSSR count). The first kappa shape index (κ1) is 13.3. The smallest absolute Gasteiger partial charge is 0.340 e. The van der Waals surface area contributed by atoms with E-state index >= 15 is 0 Å². The molecular formula is C13H16N2O4. The zero-order chi connectivity index (χ0) is 14.2. The molecule has 1 aliphatic rings. The highest BCUT2D eigenvalue weighted by molar-refractivity contribution is 6.05. The van der Waals surface area contributed by atoms with E-state index in [0.29, 0.717) is 17.8 Å². The van der Waals surface area contributed by atoms with Gasteiger partial charge in [0.1, 0.15) is 0 Å². The number of ether oxygens (including phenoxy) is 2. The standard InChI is InChI=1S/C13H16N2O4/c1-7-5-6-9-11(13(17)19-4)10(12(16)18-3)8(2)15(9)14-7/h5-6H2,1-4H3. The Hall–Kier alpha value is -2.11. The van der Waals surface area contributed by atoms with Crippen LogP contribution in [0.2, 0.25) is 0 Å². The lowest BCUT2D eigenvalue weighted by Gasteiger charge is -2.13. The third-order valence-corrected chi connectivity index (χ3v) is 3.25. The molecule has 0 aromatic carbocycles. The number of carbonyl (C=O) groups is 2. The summed E-state index contributed by atoms with van der Waals surface area (Å²) >= 11 is 0. The van der Waals surface area contributed by atoms with Crippen LogP contribution in [0.1, 0.15) is 45.4 Å². The van der Waals surface area contributed by atoms with Gasteiger partial charge in [0.15, 0.2) is 0 Å². The van der Waals surface area contributed by atoms with Gasteiger partial charge in [-0.3, -0.25) is 0 Å². The summed E-state index contributed by atoms with van der Waals surface area (Å²) in [5.74, 6) is -1.08. The quantitative estimate of drug-likeness (QED) is 0.760. The highest BCUT2D eigenvalue weighted by Crippen LogP contribution is 2.28. The first-order valence-electron chi connectivity index (χ1n) is 5.96. The molecule has 0 unspecified atom stereocenters. The van der Waals surface area contributed by atoms with E-state index in [0.717, 1.165) is 12.1 Å². The molecule has 0 amide bonds. The summed E-state index contributed by atoms with van der Waals surface area (Å²) in [6.07, 6.45) is 1.41. The maximum Gasteiger partial charge on any atom is 0.340 e. The number of fused-ring (bicyclic) bond motifs is 1. The Kier molecular flexibility index (Phi) is 3.42. The molecule has 1 aliphatic heterocycles. The van der Waals surface area contributed by atoms with E-state index in [4.69, 9.17) is 9.47 Å². The maximum atomic E-state index is 11.9. The van der Waals surface area contributed by atoms with Gasteiger partial charge in [0.05, 0.1) is 36.7 Å². The molecular weight excluding hydrogens is 248 g/mol. The maximum absolute atomic E-state index is 11.9. The Bertz CT molecular complexity index is 584. The Morgan fingerprint density at radius 1 is 1.05 bits per heavy atom. The average Bonchev–Trinajstić information content (AvgIpc) is 2.70. The van der Waals surface area contributed by atoms with E-state index in [1.807, 2.05) is 6.92 Å². The summed E-state index contributed by atoms with van der Waals surface area (Å²) in [7, 11) is 2.58. The lowest BCUT2D eigenvalue weighted by molar-refractivity contribution is 0.0555. The first-order chi connectivity index (χ1) is 9.01. The Labute approximate surface area is 111 Å². The molecule has 6 heteroatoms. The molecule has 1 aromatic rings.